The predicted octanol–water partition coefficient (Wildman–Crippen LogP) is 2.43. The Labute approximate surface area is 118 Å². The lowest BCUT2D eigenvalue weighted by Crippen LogP contribution is -2.16. The highest BCUT2D eigenvalue weighted by atomic mass is 35.5. The van der Waals surface area contributed by atoms with Crippen LogP contribution in [0.1, 0.15) is 10.6 Å². The van der Waals surface area contributed by atoms with Gasteiger partial charge >= 0.3 is 5.97 Å². The lowest BCUT2D eigenvalue weighted by Gasteiger charge is -2.18. The fourth-order valence-corrected chi connectivity index (χ4v) is 2.63. The summed E-state index contributed by atoms with van der Waals surface area (Å²) in [5.74, 6) is -0.956. The lowest BCUT2D eigenvalue weighted by molar-refractivity contribution is 0.0683. The smallest absolute Gasteiger partial charge is 0.375 e. The molecule has 0 saturated carbocycles. The number of anilines is 2. The molecule has 19 heavy (non-hydrogen) atoms. The molecule has 2 heterocycles. The molecule has 0 radical (unpaired) electrons. The molecule has 3 rings (SSSR count). The molecule has 0 unspecified atom stereocenters. The molecule has 0 amide bonds. The Kier molecular flexibility index (Phi) is 2.83. The van der Waals surface area contributed by atoms with Crippen molar-refractivity contribution in [2.45, 2.75) is 6.54 Å². The number of para-hydroxylation sites is 1. The molecule has 1 aromatic heterocycles. The van der Waals surface area contributed by atoms with E-state index in [-0.39, 0.29) is 5.82 Å². The van der Waals surface area contributed by atoms with E-state index in [1.807, 2.05) is 0 Å². The Bertz CT molecular complexity index is 650. The number of aromatic nitrogens is 3. The summed E-state index contributed by atoms with van der Waals surface area (Å²) in [5.41, 5.74) is 0.619. The van der Waals surface area contributed by atoms with Crippen LogP contribution in [0, 0.1) is 0 Å². The van der Waals surface area contributed by atoms with Crippen molar-refractivity contribution >= 4 is 40.8 Å². The van der Waals surface area contributed by atoms with Gasteiger partial charge in [-0.25, -0.2) is 9.48 Å². The third-order valence-corrected chi connectivity index (χ3v) is 3.44. The highest BCUT2D eigenvalue weighted by Gasteiger charge is 2.29. The maximum atomic E-state index is 10.9. The Hall–Kier alpha value is -1.79. The first-order valence-electron chi connectivity index (χ1n) is 5.47. The minimum absolute atomic E-state index is 0.233. The zero-order chi connectivity index (χ0) is 13.6. The summed E-state index contributed by atoms with van der Waals surface area (Å²) in [6.45, 7) is 1.13. The van der Waals surface area contributed by atoms with E-state index in [1.54, 1.807) is 23.1 Å². The highest BCUT2D eigenvalue weighted by Crippen LogP contribution is 2.38. The number of halogens is 2. The number of carboxylic acid groups (broad SMARTS) is 1. The predicted molar refractivity (Wildman–Crippen MR) is 70.4 cm³/mol. The largest absolute Gasteiger partial charge is 0.475 e. The summed E-state index contributed by atoms with van der Waals surface area (Å²) in [6, 6.07) is 5.19. The molecule has 1 aromatic carbocycles. The molecule has 0 atom stereocenters. The average molecular weight is 299 g/mol. The van der Waals surface area contributed by atoms with Crippen LogP contribution in [0.25, 0.3) is 0 Å². The second-order valence-electron chi connectivity index (χ2n) is 3.99. The van der Waals surface area contributed by atoms with Crippen molar-refractivity contribution in [2.75, 3.05) is 11.4 Å². The molecular formula is C11H8Cl2N4O2. The van der Waals surface area contributed by atoms with Crippen LogP contribution < -0.4 is 4.90 Å². The van der Waals surface area contributed by atoms with Gasteiger partial charge in [-0.1, -0.05) is 29.3 Å². The maximum Gasteiger partial charge on any atom is 0.375 e. The van der Waals surface area contributed by atoms with Crippen LogP contribution in [0.3, 0.4) is 0 Å². The Morgan fingerprint density at radius 2 is 1.95 bits per heavy atom. The second-order valence-corrected chi connectivity index (χ2v) is 4.80. The fraction of sp³-hybridized carbons (Fsp3) is 0.182. The Balaban J connectivity index is 2.09. The van der Waals surface area contributed by atoms with Crippen LogP contribution in [-0.4, -0.2) is 32.4 Å². The number of carboxylic acids is 1. The number of carbonyl (C=O) groups is 1. The number of hydrogen-bond donors (Lipinski definition) is 1. The van der Waals surface area contributed by atoms with E-state index < -0.39 is 5.97 Å². The van der Waals surface area contributed by atoms with Gasteiger partial charge in [0, 0.05) is 6.54 Å². The monoisotopic (exact) mass is 298 g/mol. The van der Waals surface area contributed by atoms with Crippen molar-refractivity contribution in [2.24, 2.45) is 0 Å². The minimum Gasteiger partial charge on any atom is -0.475 e. The van der Waals surface area contributed by atoms with Gasteiger partial charge in [-0.3, -0.25) is 0 Å². The van der Waals surface area contributed by atoms with Gasteiger partial charge in [0.25, 0.3) is 5.82 Å². The van der Waals surface area contributed by atoms with Gasteiger partial charge in [-0.15, -0.1) is 5.10 Å². The molecule has 1 aliphatic rings. The molecule has 0 bridgehead atoms. The summed E-state index contributed by atoms with van der Waals surface area (Å²) < 4.78 is 1.53. The van der Waals surface area contributed by atoms with Gasteiger partial charge in [-0.2, -0.15) is 4.98 Å². The van der Waals surface area contributed by atoms with Crippen molar-refractivity contribution in [3.63, 3.8) is 0 Å². The first kappa shape index (κ1) is 12.3. The van der Waals surface area contributed by atoms with Gasteiger partial charge in [0.15, 0.2) is 0 Å². The van der Waals surface area contributed by atoms with Crippen LogP contribution >= 0.6 is 23.2 Å². The number of rotatable bonds is 2. The number of hydrogen-bond acceptors (Lipinski definition) is 4. The standard InChI is InChI=1S/C11H8Cl2N4O2/c12-6-2-1-3-7(13)8(6)16-4-5-17-11(16)14-9(15-17)10(18)19/h1-3H,4-5H2,(H,18,19). The number of aromatic carboxylic acids is 1. The maximum absolute atomic E-state index is 10.9. The molecule has 0 aliphatic carbocycles. The number of benzene rings is 1. The SMILES string of the molecule is O=C(O)c1nc2n(n1)CCN2c1c(Cl)cccc1Cl. The van der Waals surface area contributed by atoms with Gasteiger partial charge in [0.05, 0.1) is 22.3 Å². The second kappa shape index (κ2) is 4.40. The fourth-order valence-electron chi connectivity index (χ4n) is 2.03. The molecule has 2 aromatic rings. The molecule has 0 saturated heterocycles. The van der Waals surface area contributed by atoms with Crippen molar-refractivity contribution in [1.29, 1.82) is 0 Å². The van der Waals surface area contributed by atoms with Crippen LogP contribution in [0.15, 0.2) is 18.2 Å². The van der Waals surface area contributed by atoms with E-state index in [0.29, 0.717) is 34.8 Å². The molecule has 8 heteroatoms. The molecule has 98 valence electrons. The summed E-state index contributed by atoms with van der Waals surface area (Å²) >= 11 is 12.3. The lowest BCUT2D eigenvalue weighted by atomic mass is 10.3. The topological polar surface area (TPSA) is 71.2 Å². The van der Waals surface area contributed by atoms with E-state index in [9.17, 15) is 4.79 Å². The van der Waals surface area contributed by atoms with E-state index >= 15 is 0 Å². The Morgan fingerprint density at radius 1 is 1.26 bits per heavy atom. The first-order chi connectivity index (χ1) is 9.08. The zero-order valence-electron chi connectivity index (χ0n) is 9.55. The molecule has 0 spiro atoms. The van der Waals surface area contributed by atoms with E-state index in [1.165, 1.54) is 4.68 Å². The van der Waals surface area contributed by atoms with Crippen molar-refractivity contribution < 1.29 is 9.90 Å². The number of nitrogens with zero attached hydrogens (tertiary/aromatic N) is 4. The third-order valence-electron chi connectivity index (χ3n) is 2.83. The molecular weight excluding hydrogens is 291 g/mol. The van der Waals surface area contributed by atoms with E-state index in [2.05, 4.69) is 10.1 Å². The van der Waals surface area contributed by atoms with E-state index in [4.69, 9.17) is 28.3 Å². The van der Waals surface area contributed by atoms with Crippen LogP contribution in [0.2, 0.25) is 10.0 Å². The van der Waals surface area contributed by atoms with E-state index in [0.717, 1.165) is 0 Å². The van der Waals surface area contributed by atoms with Crippen LogP contribution in [0.4, 0.5) is 11.6 Å². The summed E-state index contributed by atoms with van der Waals surface area (Å²) in [5, 5.41) is 13.8. The molecule has 1 aliphatic heterocycles. The third kappa shape index (κ3) is 1.93. The van der Waals surface area contributed by atoms with Gasteiger partial charge in [0.2, 0.25) is 5.95 Å². The van der Waals surface area contributed by atoms with Gasteiger partial charge in [0.1, 0.15) is 0 Å². The molecule has 6 nitrogen and oxygen atoms in total. The van der Waals surface area contributed by atoms with Gasteiger partial charge in [-0.05, 0) is 12.1 Å². The summed E-state index contributed by atoms with van der Waals surface area (Å²) in [6.07, 6.45) is 0. The average Bonchev–Trinajstić information content (AvgIpc) is 2.90. The molecule has 1 N–H and O–H groups in total. The quantitative estimate of drug-likeness (QED) is 0.922. The van der Waals surface area contributed by atoms with Crippen molar-refractivity contribution in [1.82, 2.24) is 14.8 Å². The zero-order valence-corrected chi connectivity index (χ0v) is 11.1. The van der Waals surface area contributed by atoms with Crippen molar-refractivity contribution in [3.05, 3.63) is 34.1 Å². The normalized spacial score (nSPS) is 13.7. The molecule has 0 fully saturated rings. The van der Waals surface area contributed by atoms with Crippen LogP contribution in [-0.2, 0) is 6.54 Å². The minimum atomic E-state index is -1.16. The van der Waals surface area contributed by atoms with Crippen molar-refractivity contribution in [3.8, 4) is 0 Å². The summed E-state index contributed by atoms with van der Waals surface area (Å²) in [7, 11) is 0. The van der Waals surface area contributed by atoms with Gasteiger partial charge < -0.3 is 10.0 Å². The highest BCUT2D eigenvalue weighted by molar-refractivity contribution is 6.39. The first-order valence-corrected chi connectivity index (χ1v) is 6.23. The number of fused-ring (bicyclic) bond motifs is 1. The summed E-state index contributed by atoms with van der Waals surface area (Å²) in [4.78, 5) is 16.6. The van der Waals surface area contributed by atoms with Crippen LogP contribution in [0.5, 0.6) is 0 Å². The Morgan fingerprint density at radius 3 is 2.58 bits per heavy atom.